The lowest BCUT2D eigenvalue weighted by atomic mass is 10.1. The highest BCUT2D eigenvalue weighted by Crippen LogP contribution is 2.15. The molecular weight excluding hydrogens is 316 g/mol. The Morgan fingerprint density at radius 2 is 1.04 bits per heavy atom. The molecule has 0 bridgehead atoms. The van der Waals surface area contributed by atoms with E-state index in [4.69, 9.17) is 0 Å². The van der Waals surface area contributed by atoms with Gasteiger partial charge in [-0.3, -0.25) is 0 Å². The zero-order chi connectivity index (χ0) is 17.5. The molecule has 0 unspecified atom stereocenters. The van der Waals surface area contributed by atoms with Crippen LogP contribution in [0.5, 0.6) is 0 Å². The van der Waals surface area contributed by atoms with Gasteiger partial charge in [0.25, 0.3) is 0 Å². The van der Waals surface area contributed by atoms with Gasteiger partial charge < -0.3 is 0 Å². The molecule has 3 heteroatoms. The number of hydrogen-bond donors (Lipinski definition) is 0. The Bertz CT molecular complexity index is 494. The molecule has 0 saturated heterocycles. The summed E-state index contributed by atoms with van der Waals surface area (Å²) in [5, 5.41) is 0. The average Bonchev–Trinajstić information content (AvgIpc) is 2.60. The van der Waals surface area contributed by atoms with Crippen molar-refractivity contribution in [3.8, 4) is 0 Å². The molecule has 0 amide bonds. The second-order valence-corrected chi connectivity index (χ2v) is 8.84. The first-order valence-corrected chi connectivity index (χ1v) is 11.4. The number of unbranched alkanes of at least 4 members (excludes halogenated alkanes) is 12. The van der Waals surface area contributed by atoms with Crippen molar-refractivity contribution >= 4 is 9.84 Å². The molecule has 24 heavy (non-hydrogen) atoms. The van der Waals surface area contributed by atoms with E-state index in [0.717, 1.165) is 25.7 Å². The Morgan fingerprint density at radius 1 is 0.625 bits per heavy atom. The van der Waals surface area contributed by atoms with Crippen LogP contribution < -0.4 is 0 Å². The first-order valence-electron chi connectivity index (χ1n) is 9.74. The van der Waals surface area contributed by atoms with Gasteiger partial charge in [0, 0.05) is 0 Å². The monoisotopic (exact) mass is 351 g/mol. The summed E-state index contributed by atoms with van der Waals surface area (Å²) in [4.78, 5) is 0.459. The van der Waals surface area contributed by atoms with E-state index in [2.05, 4.69) is 6.92 Å². The summed E-state index contributed by atoms with van der Waals surface area (Å²) in [5.74, 6) is 0.282. The van der Waals surface area contributed by atoms with Crippen LogP contribution in [0.15, 0.2) is 35.2 Å². The van der Waals surface area contributed by atoms with Gasteiger partial charge in [0.2, 0.25) is 0 Å². The standard InChI is InChI=1S/C21H35O2S/c1-2-3-4-5-6-7-8-9-10-11-12-13-17-20-24(22,23)21-18-15-14-16-19-21/h14-16,18-19H,1-13,17,20H2. The zero-order valence-corrected chi connectivity index (χ0v) is 16.0. The molecule has 0 aliphatic carbocycles. The van der Waals surface area contributed by atoms with E-state index < -0.39 is 9.84 Å². The molecule has 0 N–H and O–H groups in total. The highest BCUT2D eigenvalue weighted by molar-refractivity contribution is 7.91. The van der Waals surface area contributed by atoms with Crippen molar-refractivity contribution in [1.82, 2.24) is 0 Å². The van der Waals surface area contributed by atoms with Gasteiger partial charge in [-0.25, -0.2) is 8.42 Å². The Labute approximate surface area is 150 Å². The minimum Gasteiger partial charge on any atom is -0.224 e. The van der Waals surface area contributed by atoms with E-state index in [1.54, 1.807) is 24.3 Å². The van der Waals surface area contributed by atoms with E-state index in [9.17, 15) is 8.42 Å². The summed E-state index contributed by atoms with van der Waals surface area (Å²) in [7, 11) is -3.08. The van der Waals surface area contributed by atoms with Gasteiger partial charge in [0.05, 0.1) is 10.6 Å². The van der Waals surface area contributed by atoms with Crippen molar-refractivity contribution in [3.05, 3.63) is 37.3 Å². The van der Waals surface area contributed by atoms with Crippen LogP contribution in [0.25, 0.3) is 0 Å². The van der Waals surface area contributed by atoms with Crippen LogP contribution in [-0.2, 0) is 9.84 Å². The average molecular weight is 352 g/mol. The van der Waals surface area contributed by atoms with E-state index in [-0.39, 0.29) is 5.75 Å². The molecule has 0 saturated carbocycles. The normalized spacial score (nSPS) is 11.7. The highest BCUT2D eigenvalue weighted by Gasteiger charge is 2.12. The van der Waals surface area contributed by atoms with Crippen LogP contribution in [-0.4, -0.2) is 14.2 Å². The summed E-state index contributed by atoms with van der Waals surface area (Å²) in [6.07, 6.45) is 16.0. The first kappa shape index (κ1) is 21.2. The summed E-state index contributed by atoms with van der Waals surface area (Å²) in [6, 6.07) is 8.80. The van der Waals surface area contributed by atoms with Crippen LogP contribution in [0.3, 0.4) is 0 Å². The molecule has 0 heterocycles. The van der Waals surface area contributed by atoms with E-state index in [1.807, 2.05) is 6.07 Å². The third kappa shape index (κ3) is 10.1. The van der Waals surface area contributed by atoms with Crippen LogP contribution >= 0.6 is 0 Å². The third-order valence-electron chi connectivity index (χ3n) is 4.52. The number of rotatable bonds is 15. The first-order chi connectivity index (χ1) is 11.7. The Morgan fingerprint density at radius 3 is 1.50 bits per heavy atom. The lowest BCUT2D eigenvalue weighted by Gasteiger charge is -2.05. The molecule has 0 aliphatic rings. The molecule has 0 aromatic heterocycles. The van der Waals surface area contributed by atoms with Gasteiger partial charge in [-0.2, -0.15) is 0 Å². The Balaban J connectivity index is 1.92. The molecule has 0 atom stereocenters. The van der Waals surface area contributed by atoms with Gasteiger partial charge in [-0.1, -0.05) is 102 Å². The number of hydrogen-bond acceptors (Lipinski definition) is 2. The lowest BCUT2D eigenvalue weighted by molar-refractivity contribution is 0.543. The second kappa shape index (κ2) is 13.5. The predicted octanol–water partition coefficient (Wildman–Crippen LogP) is 6.37. The molecule has 2 nitrogen and oxygen atoms in total. The van der Waals surface area contributed by atoms with Crippen molar-refractivity contribution in [2.24, 2.45) is 0 Å². The fraction of sp³-hybridized carbons (Fsp3) is 0.667. The van der Waals surface area contributed by atoms with Gasteiger partial charge >= 0.3 is 0 Å². The SMILES string of the molecule is [CH2]CCCCCCCCCCCCCCS(=O)(=O)c1ccccc1. The molecule has 0 spiro atoms. The van der Waals surface area contributed by atoms with E-state index in [1.165, 1.54) is 57.8 Å². The van der Waals surface area contributed by atoms with Crippen LogP contribution in [0.2, 0.25) is 0 Å². The van der Waals surface area contributed by atoms with E-state index in [0.29, 0.717) is 4.90 Å². The van der Waals surface area contributed by atoms with Crippen molar-refractivity contribution in [3.63, 3.8) is 0 Å². The van der Waals surface area contributed by atoms with Crippen LogP contribution in [0.4, 0.5) is 0 Å². The topological polar surface area (TPSA) is 34.1 Å². The zero-order valence-electron chi connectivity index (χ0n) is 15.2. The largest absolute Gasteiger partial charge is 0.224 e. The fourth-order valence-corrected chi connectivity index (χ4v) is 4.37. The van der Waals surface area contributed by atoms with Crippen LogP contribution in [0.1, 0.15) is 83.5 Å². The van der Waals surface area contributed by atoms with Crippen molar-refractivity contribution in [2.75, 3.05) is 5.75 Å². The molecule has 0 aliphatic heterocycles. The lowest BCUT2D eigenvalue weighted by Crippen LogP contribution is -2.06. The third-order valence-corrected chi connectivity index (χ3v) is 6.33. The maximum Gasteiger partial charge on any atom is 0.178 e. The fourth-order valence-electron chi connectivity index (χ4n) is 2.98. The molecule has 1 rings (SSSR count). The van der Waals surface area contributed by atoms with Gasteiger partial charge in [0.15, 0.2) is 9.84 Å². The van der Waals surface area contributed by atoms with Crippen LogP contribution in [0, 0.1) is 6.92 Å². The summed E-state index contributed by atoms with van der Waals surface area (Å²) < 4.78 is 24.3. The molecule has 0 fully saturated rings. The minimum atomic E-state index is -3.08. The maximum absolute atomic E-state index is 12.1. The summed E-state index contributed by atoms with van der Waals surface area (Å²) in [6.45, 7) is 3.87. The predicted molar refractivity (Wildman–Crippen MR) is 104 cm³/mol. The number of sulfone groups is 1. The highest BCUT2D eigenvalue weighted by atomic mass is 32.2. The minimum absolute atomic E-state index is 0.282. The Kier molecular flexibility index (Phi) is 11.9. The maximum atomic E-state index is 12.1. The number of benzene rings is 1. The van der Waals surface area contributed by atoms with Gasteiger partial charge in [0.1, 0.15) is 0 Å². The smallest absolute Gasteiger partial charge is 0.178 e. The quantitative estimate of drug-likeness (QED) is 0.344. The molecule has 1 aromatic rings. The van der Waals surface area contributed by atoms with Crippen molar-refractivity contribution < 1.29 is 8.42 Å². The van der Waals surface area contributed by atoms with Gasteiger partial charge in [-0.05, 0) is 18.6 Å². The van der Waals surface area contributed by atoms with Gasteiger partial charge in [-0.15, -0.1) is 0 Å². The molecule has 1 radical (unpaired) electrons. The van der Waals surface area contributed by atoms with Crippen molar-refractivity contribution in [2.45, 2.75) is 88.4 Å². The summed E-state index contributed by atoms with van der Waals surface area (Å²) >= 11 is 0. The second-order valence-electron chi connectivity index (χ2n) is 6.73. The summed E-state index contributed by atoms with van der Waals surface area (Å²) in [5.41, 5.74) is 0. The van der Waals surface area contributed by atoms with Crippen molar-refractivity contribution in [1.29, 1.82) is 0 Å². The molecule has 1 aromatic carbocycles. The molecular formula is C21H35O2S. The Hall–Kier alpha value is -0.830. The molecule has 137 valence electrons. The van der Waals surface area contributed by atoms with E-state index >= 15 is 0 Å².